The first kappa shape index (κ1) is 66.6. The Kier molecular flexibility index (Phi) is 50.0. The second-order valence-corrected chi connectivity index (χ2v) is 21.2. The van der Waals surface area contributed by atoms with E-state index in [0.29, 0.717) is 12.8 Å². The van der Waals surface area contributed by atoms with E-state index in [-0.39, 0.29) is 42.7 Å². The van der Waals surface area contributed by atoms with E-state index in [2.05, 4.69) is 50.3 Å². The van der Waals surface area contributed by atoms with E-state index < -0.39 is 18.1 Å². The molecule has 69 heavy (non-hydrogen) atoms. The normalized spacial score (nSPS) is 13.0. The maximum Gasteiger partial charge on any atom is 0.306 e. The highest BCUT2D eigenvalue weighted by Gasteiger charge is 2.25. The van der Waals surface area contributed by atoms with Gasteiger partial charge in [-0.05, 0) is 51.4 Å². The lowest BCUT2D eigenvalue weighted by molar-refractivity contribution is -0.889. The third kappa shape index (κ3) is 50.3. The van der Waals surface area contributed by atoms with Crippen molar-refractivity contribution < 1.29 is 38.2 Å². The molecule has 0 heterocycles. The number of allylic oxidation sites excluding steroid dienone is 6. The van der Waals surface area contributed by atoms with E-state index >= 15 is 0 Å². The number of hydrogen-bond donors (Lipinski definition) is 0. The summed E-state index contributed by atoms with van der Waals surface area (Å²) in [5.74, 6) is -1.72. The van der Waals surface area contributed by atoms with Crippen LogP contribution in [0.1, 0.15) is 284 Å². The summed E-state index contributed by atoms with van der Waals surface area (Å²) in [6, 6.07) is -0.726. The molecule has 0 saturated heterocycles. The largest absolute Gasteiger partial charge is 0.544 e. The number of carbonyl (C=O) groups excluding carboxylic acids is 3. The Morgan fingerprint density at radius 2 is 0.768 bits per heavy atom. The minimum Gasteiger partial charge on any atom is -0.544 e. The third-order valence-electron chi connectivity index (χ3n) is 13.5. The second-order valence-electron chi connectivity index (χ2n) is 21.2. The molecule has 0 bridgehead atoms. The van der Waals surface area contributed by atoms with Crippen molar-refractivity contribution in [3.63, 3.8) is 0 Å². The van der Waals surface area contributed by atoms with E-state index in [1.54, 1.807) is 0 Å². The van der Waals surface area contributed by atoms with E-state index in [0.717, 1.165) is 51.4 Å². The Labute approximate surface area is 427 Å². The topological polar surface area (TPSA) is 102 Å². The summed E-state index contributed by atoms with van der Waals surface area (Å²) >= 11 is 0. The van der Waals surface area contributed by atoms with Crippen LogP contribution in [-0.4, -0.2) is 75.5 Å². The monoisotopic (exact) mass is 972 g/mol. The predicted octanol–water partition coefficient (Wildman–Crippen LogP) is 16.4. The lowest BCUT2D eigenvalue weighted by atomic mass is 10.0. The van der Waals surface area contributed by atoms with Crippen LogP contribution < -0.4 is 5.11 Å². The number of esters is 2. The van der Waals surface area contributed by atoms with Crippen molar-refractivity contribution in [3.05, 3.63) is 36.5 Å². The number of quaternary nitrogens is 1. The molecule has 0 aliphatic rings. The summed E-state index contributed by atoms with van der Waals surface area (Å²) in [6.45, 7) is 4.68. The molecule has 8 nitrogen and oxygen atoms in total. The first-order valence-electron chi connectivity index (χ1n) is 29.5. The number of ether oxygens (including phenoxy) is 3. The molecule has 0 amide bonds. The highest BCUT2D eigenvalue weighted by molar-refractivity contribution is 5.70. The van der Waals surface area contributed by atoms with Gasteiger partial charge in [0, 0.05) is 19.3 Å². The van der Waals surface area contributed by atoms with Gasteiger partial charge in [-0.1, -0.05) is 249 Å². The van der Waals surface area contributed by atoms with Crippen LogP contribution in [0.3, 0.4) is 0 Å². The number of carboxylic acid groups (broad SMARTS) is 1. The van der Waals surface area contributed by atoms with Gasteiger partial charge >= 0.3 is 11.9 Å². The van der Waals surface area contributed by atoms with Gasteiger partial charge in [-0.25, -0.2) is 0 Å². The summed E-state index contributed by atoms with van der Waals surface area (Å²) in [6.07, 6.45) is 63.3. The molecular formula is C61H113NO7. The molecule has 0 radical (unpaired) electrons. The maximum absolute atomic E-state index is 12.8. The molecule has 0 aromatic rings. The van der Waals surface area contributed by atoms with Gasteiger partial charge in [0.05, 0.1) is 40.3 Å². The Morgan fingerprint density at radius 3 is 1.16 bits per heavy atom. The van der Waals surface area contributed by atoms with Gasteiger partial charge in [0.1, 0.15) is 12.6 Å². The van der Waals surface area contributed by atoms with Crippen molar-refractivity contribution in [2.45, 2.75) is 296 Å². The van der Waals surface area contributed by atoms with E-state index in [1.807, 2.05) is 21.1 Å². The molecule has 0 aromatic heterocycles. The molecule has 8 heteroatoms. The molecule has 2 unspecified atom stereocenters. The molecule has 0 aromatic carbocycles. The van der Waals surface area contributed by atoms with Crippen molar-refractivity contribution in [2.24, 2.45) is 0 Å². The van der Waals surface area contributed by atoms with Crippen LogP contribution in [0.4, 0.5) is 0 Å². The van der Waals surface area contributed by atoms with Crippen molar-refractivity contribution >= 4 is 17.9 Å². The molecule has 0 aliphatic carbocycles. The average Bonchev–Trinajstić information content (AvgIpc) is 3.31. The maximum atomic E-state index is 12.8. The number of nitrogens with zero attached hydrogens (tertiary/aromatic N) is 1. The van der Waals surface area contributed by atoms with Crippen molar-refractivity contribution in [3.8, 4) is 0 Å². The fourth-order valence-electron chi connectivity index (χ4n) is 8.96. The molecular weight excluding hydrogens is 859 g/mol. The zero-order valence-electron chi connectivity index (χ0n) is 46.2. The van der Waals surface area contributed by atoms with Gasteiger partial charge < -0.3 is 28.6 Å². The first-order valence-corrected chi connectivity index (χ1v) is 29.5. The lowest BCUT2D eigenvalue weighted by Crippen LogP contribution is -2.55. The standard InChI is InChI=1S/C61H113NO7/c1-6-8-10-12-14-16-18-20-22-24-26-28-30-32-34-36-38-40-42-44-46-48-50-52-60(64)69-57(55-67-54-53-58(61(65)66)62(3,4)5)56-68-59(63)51-49-47-45-43-41-39-37-35-33-31-29-27-25-23-21-19-17-15-13-11-9-7-2/h15,17,21,23,27,29,57-58H,6-14,16,18-20,22,24-26,28,30-56H2,1-5H3/b17-15+,23-21+,29-27+. The van der Waals surface area contributed by atoms with Crippen LogP contribution >= 0.6 is 0 Å². The minimum absolute atomic E-state index is 0.0429. The van der Waals surface area contributed by atoms with E-state index in [9.17, 15) is 19.5 Å². The summed E-state index contributed by atoms with van der Waals surface area (Å²) in [5, 5.41) is 11.7. The summed E-state index contributed by atoms with van der Waals surface area (Å²) in [7, 11) is 5.43. The molecule has 404 valence electrons. The van der Waals surface area contributed by atoms with Crippen LogP contribution in [0.25, 0.3) is 0 Å². The lowest BCUT2D eigenvalue weighted by Gasteiger charge is -2.34. The van der Waals surface area contributed by atoms with E-state index in [1.165, 1.54) is 199 Å². The van der Waals surface area contributed by atoms with Crippen LogP contribution in [0.15, 0.2) is 36.5 Å². The molecule has 0 aliphatic heterocycles. The second kappa shape index (κ2) is 51.9. The smallest absolute Gasteiger partial charge is 0.306 e. The minimum atomic E-state index is -1.12. The molecule has 0 N–H and O–H groups in total. The fraction of sp³-hybridized carbons (Fsp3) is 0.852. The number of unbranched alkanes of at least 4 members (excludes halogenated alkanes) is 34. The molecule has 0 fully saturated rings. The fourth-order valence-corrected chi connectivity index (χ4v) is 8.96. The summed E-state index contributed by atoms with van der Waals surface area (Å²) < 4.78 is 17.3. The Morgan fingerprint density at radius 1 is 0.435 bits per heavy atom. The third-order valence-corrected chi connectivity index (χ3v) is 13.5. The van der Waals surface area contributed by atoms with Gasteiger partial charge in [0.2, 0.25) is 0 Å². The van der Waals surface area contributed by atoms with Gasteiger partial charge in [-0.3, -0.25) is 9.59 Å². The number of carboxylic acids is 1. The highest BCUT2D eigenvalue weighted by Crippen LogP contribution is 2.17. The summed E-state index contributed by atoms with van der Waals surface area (Å²) in [5.41, 5.74) is 0. The van der Waals surface area contributed by atoms with Gasteiger partial charge in [-0.15, -0.1) is 0 Å². The molecule has 0 spiro atoms. The van der Waals surface area contributed by atoms with Gasteiger partial charge in [0.25, 0.3) is 0 Å². The number of hydrogen-bond acceptors (Lipinski definition) is 7. The first-order chi connectivity index (χ1) is 33.6. The van der Waals surface area contributed by atoms with Gasteiger partial charge in [0.15, 0.2) is 6.10 Å². The van der Waals surface area contributed by atoms with Crippen LogP contribution in [0, 0.1) is 0 Å². The summed E-state index contributed by atoms with van der Waals surface area (Å²) in [4.78, 5) is 37.2. The zero-order valence-corrected chi connectivity index (χ0v) is 46.2. The van der Waals surface area contributed by atoms with E-state index in [4.69, 9.17) is 14.2 Å². The molecule has 0 saturated carbocycles. The Hall–Kier alpha value is -2.45. The number of rotatable bonds is 54. The Balaban J connectivity index is 4.14. The quantitative estimate of drug-likeness (QED) is 0.0259. The zero-order chi connectivity index (χ0) is 50.6. The van der Waals surface area contributed by atoms with Crippen LogP contribution in [0.5, 0.6) is 0 Å². The highest BCUT2D eigenvalue weighted by atomic mass is 16.6. The SMILES string of the molecule is CCCCC/C=C/C/C=C/C/C=C/CCCCCCCCCCCC(=O)OCC(COCCC(C(=O)[O-])[N+](C)(C)C)OC(=O)CCCCCCCCCCCCCCCCCCCCCCCCC. The van der Waals surface area contributed by atoms with Crippen molar-refractivity contribution in [2.75, 3.05) is 41.0 Å². The number of aliphatic carboxylic acids is 1. The average molecular weight is 973 g/mol. The number of likely N-dealkylation sites (N-methyl/N-ethyl adjacent to an activating group) is 1. The van der Waals surface area contributed by atoms with Crippen LogP contribution in [0.2, 0.25) is 0 Å². The van der Waals surface area contributed by atoms with Crippen molar-refractivity contribution in [1.82, 2.24) is 0 Å². The number of carbonyl (C=O) groups is 3. The Bertz CT molecular complexity index is 1220. The van der Waals surface area contributed by atoms with Crippen LogP contribution in [-0.2, 0) is 28.6 Å². The molecule has 0 rings (SSSR count). The predicted molar refractivity (Wildman–Crippen MR) is 291 cm³/mol. The van der Waals surface area contributed by atoms with Gasteiger partial charge in [-0.2, -0.15) is 0 Å². The van der Waals surface area contributed by atoms with Crippen molar-refractivity contribution in [1.29, 1.82) is 0 Å². The molecule has 2 atom stereocenters.